The third-order valence-corrected chi connectivity index (χ3v) is 3.39. The highest BCUT2D eigenvalue weighted by molar-refractivity contribution is 6.30. The number of benzene rings is 1. The van der Waals surface area contributed by atoms with Crippen LogP contribution in [0.1, 0.15) is 25.0 Å². The molecule has 0 unspecified atom stereocenters. The molecule has 4 heteroatoms. The molecule has 0 aliphatic heterocycles. The molecule has 19 heavy (non-hydrogen) atoms. The molecule has 1 aromatic carbocycles. The maximum atomic E-state index is 5.91. The van der Waals surface area contributed by atoms with Crippen LogP contribution >= 0.6 is 11.6 Å². The smallest absolute Gasteiger partial charge is 0.0538 e. The summed E-state index contributed by atoms with van der Waals surface area (Å²) in [6.45, 7) is 8.72. The predicted molar refractivity (Wildman–Crippen MR) is 79.9 cm³/mol. The fraction of sp³-hybridized carbons (Fsp3) is 0.267. The zero-order valence-electron chi connectivity index (χ0n) is 11.2. The van der Waals surface area contributed by atoms with Gasteiger partial charge >= 0.3 is 0 Å². The van der Waals surface area contributed by atoms with Crippen LogP contribution < -0.4 is 5.32 Å². The second-order valence-corrected chi connectivity index (χ2v) is 5.43. The average Bonchev–Trinajstić information content (AvgIpc) is 2.85. The quantitative estimate of drug-likeness (QED) is 0.902. The second kappa shape index (κ2) is 5.59. The molecule has 0 bridgehead atoms. The molecular formula is C15H18ClN3. The predicted octanol–water partition coefficient (Wildman–Crippen LogP) is 3.66. The second-order valence-electron chi connectivity index (χ2n) is 5.00. The maximum Gasteiger partial charge on any atom is 0.0538 e. The molecule has 0 aliphatic rings. The number of rotatable bonds is 5. The summed E-state index contributed by atoms with van der Waals surface area (Å²) >= 11 is 5.91. The van der Waals surface area contributed by atoms with Crippen LogP contribution in [0, 0.1) is 0 Å². The van der Waals surface area contributed by atoms with Crippen molar-refractivity contribution in [1.82, 2.24) is 15.1 Å². The Balaban J connectivity index is 2.04. The first-order valence-electron chi connectivity index (χ1n) is 6.18. The minimum Gasteiger partial charge on any atom is -0.304 e. The van der Waals surface area contributed by atoms with E-state index in [-0.39, 0.29) is 5.54 Å². The largest absolute Gasteiger partial charge is 0.304 e. The van der Waals surface area contributed by atoms with Crippen molar-refractivity contribution in [3.63, 3.8) is 0 Å². The van der Waals surface area contributed by atoms with Gasteiger partial charge in [0.2, 0.25) is 0 Å². The summed E-state index contributed by atoms with van der Waals surface area (Å²) in [6.07, 6.45) is 5.47. The number of nitrogens with one attached hydrogen (secondary N) is 1. The van der Waals surface area contributed by atoms with E-state index < -0.39 is 0 Å². The molecule has 0 spiro atoms. The molecule has 2 aromatic rings. The lowest BCUT2D eigenvalue weighted by molar-refractivity contribution is 0.401. The van der Waals surface area contributed by atoms with E-state index in [0.717, 1.165) is 17.1 Å². The third-order valence-electron chi connectivity index (χ3n) is 3.14. The van der Waals surface area contributed by atoms with Gasteiger partial charge in [-0.3, -0.25) is 0 Å². The van der Waals surface area contributed by atoms with Crippen molar-refractivity contribution < 1.29 is 0 Å². The van der Waals surface area contributed by atoms with Crippen molar-refractivity contribution in [3.8, 4) is 0 Å². The van der Waals surface area contributed by atoms with Gasteiger partial charge in [0.1, 0.15) is 0 Å². The lowest BCUT2D eigenvalue weighted by atomic mass is 9.94. The molecule has 0 fully saturated rings. The van der Waals surface area contributed by atoms with Crippen molar-refractivity contribution in [2.45, 2.75) is 25.9 Å². The third kappa shape index (κ3) is 3.46. The summed E-state index contributed by atoms with van der Waals surface area (Å²) < 4.78 is 1.70. The average molecular weight is 276 g/mol. The van der Waals surface area contributed by atoms with Gasteiger partial charge < -0.3 is 5.32 Å². The molecule has 0 aliphatic carbocycles. The Morgan fingerprint density at radius 2 is 2.05 bits per heavy atom. The first-order chi connectivity index (χ1) is 9.01. The number of aromatic nitrogens is 2. The molecule has 0 atom stereocenters. The summed E-state index contributed by atoms with van der Waals surface area (Å²) in [5, 5.41) is 8.43. The molecule has 0 radical (unpaired) electrons. The van der Waals surface area contributed by atoms with E-state index >= 15 is 0 Å². The van der Waals surface area contributed by atoms with E-state index in [4.69, 9.17) is 11.6 Å². The zero-order chi connectivity index (χ0) is 13.9. The first-order valence-corrected chi connectivity index (χ1v) is 6.56. The van der Waals surface area contributed by atoms with Gasteiger partial charge in [0.25, 0.3) is 0 Å². The SMILES string of the molecule is C=Cn1cc(CNC(C)(C)c2ccc(Cl)cc2)cn1. The van der Waals surface area contributed by atoms with Gasteiger partial charge in [-0.2, -0.15) is 5.10 Å². The monoisotopic (exact) mass is 275 g/mol. The Morgan fingerprint density at radius 3 is 2.63 bits per heavy atom. The van der Waals surface area contributed by atoms with Crippen LogP contribution in [0.5, 0.6) is 0 Å². The minimum absolute atomic E-state index is 0.124. The van der Waals surface area contributed by atoms with Gasteiger partial charge in [-0.05, 0) is 31.5 Å². The Morgan fingerprint density at radius 1 is 1.37 bits per heavy atom. The van der Waals surface area contributed by atoms with E-state index in [1.807, 2.05) is 36.7 Å². The summed E-state index contributed by atoms with van der Waals surface area (Å²) in [7, 11) is 0. The minimum atomic E-state index is -0.124. The molecule has 0 amide bonds. The standard InChI is InChI=1S/C15H18ClN3/c1-4-19-11-12(10-18-19)9-17-15(2,3)13-5-7-14(16)8-6-13/h4-8,10-11,17H,1,9H2,2-3H3. The van der Waals surface area contributed by atoms with E-state index in [9.17, 15) is 0 Å². The van der Waals surface area contributed by atoms with Crippen LogP contribution in [0.15, 0.2) is 43.2 Å². The van der Waals surface area contributed by atoms with Crippen molar-refractivity contribution >= 4 is 17.8 Å². The first kappa shape index (κ1) is 13.8. The van der Waals surface area contributed by atoms with Gasteiger partial charge in [-0.25, -0.2) is 4.68 Å². The van der Waals surface area contributed by atoms with Gasteiger partial charge in [-0.1, -0.05) is 30.3 Å². The summed E-state index contributed by atoms with van der Waals surface area (Å²) in [4.78, 5) is 0. The molecule has 3 nitrogen and oxygen atoms in total. The molecule has 1 heterocycles. The van der Waals surface area contributed by atoms with Crippen LogP contribution in [-0.4, -0.2) is 9.78 Å². The molecule has 100 valence electrons. The van der Waals surface area contributed by atoms with Gasteiger partial charge in [0.05, 0.1) is 6.20 Å². The Kier molecular flexibility index (Phi) is 4.08. The highest BCUT2D eigenvalue weighted by Gasteiger charge is 2.19. The zero-order valence-corrected chi connectivity index (χ0v) is 12.0. The lowest BCUT2D eigenvalue weighted by Crippen LogP contribution is -2.35. The van der Waals surface area contributed by atoms with Gasteiger partial charge in [-0.15, -0.1) is 0 Å². The van der Waals surface area contributed by atoms with Crippen LogP contribution in [0.3, 0.4) is 0 Å². The Bertz CT molecular complexity index is 555. The number of hydrogen-bond acceptors (Lipinski definition) is 2. The normalized spacial score (nSPS) is 11.5. The summed E-state index contributed by atoms with van der Waals surface area (Å²) in [5.74, 6) is 0. The van der Waals surface area contributed by atoms with Crippen molar-refractivity contribution in [2.24, 2.45) is 0 Å². The number of halogens is 1. The topological polar surface area (TPSA) is 29.9 Å². The van der Waals surface area contributed by atoms with Crippen LogP contribution in [-0.2, 0) is 12.1 Å². The highest BCUT2D eigenvalue weighted by atomic mass is 35.5. The van der Waals surface area contributed by atoms with Crippen molar-refractivity contribution in [3.05, 3.63) is 59.4 Å². The fourth-order valence-corrected chi connectivity index (χ4v) is 1.99. The van der Waals surface area contributed by atoms with Gasteiger partial charge in [0, 0.05) is 35.1 Å². The van der Waals surface area contributed by atoms with Gasteiger partial charge in [0.15, 0.2) is 0 Å². The number of nitrogens with zero attached hydrogens (tertiary/aromatic N) is 2. The van der Waals surface area contributed by atoms with E-state index in [2.05, 4.69) is 30.8 Å². The van der Waals surface area contributed by atoms with Crippen LogP contribution in [0.25, 0.3) is 6.20 Å². The van der Waals surface area contributed by atoms with Crippen LogP contribution in [0.4, 0.5) is 0 Å². The molecule has 0 saturated carbocycles. The Hall–Kier alpha value is -1.58. The fourth-order valence-electron chi connectivity index (χ4n) is 1.86. The number of hydrogen-bond donors (Lipinski definition) is 1. The van der Waals surface area contributed by atoms with E-state index in [1.54, 1.807) is 10.9 Å². The van der Waals surface area contributed by atoms with Crippen LogP contribution in [0.2, 0.25) is 5.02 Å². The Labute approximate surface area is 118 Å². The van der Waals surface area contributed by atoms with E-state index in [0.29, 0.717) is 0 Å². The molecule has 0 saturated heterocycles. The highest BCUT2D eigenvalue weighted by Crippen LogP contribution is 2.22. The summed E-state index contributed by atoms with van der Waals surface area (Å²) in [5.41, 5.74) is 2.20. The lowest BCUT2D eigenvalue weighted by Gasteiger charge is -2.27. The molecule has 1 N–H and O–H groups in total. The molecule has 2 rings (SSSR count). The molecule has 1 aromatic heterocycles. The van der Waals surface area contributed by atoms with Crippen molar-refractivity contribution in [2.75, 3.05) is 0 Å². The van der Waals surface area contributed by atoms with E-state index in [1.165, 1.54) is 5.56 Å². The van der Waals surface area contributed by atoms with Crippen molar-refractivity contribution in [1.29, 1.82) is 0 Å². The summed E-state index contributed by atoms with van der Waals surface area (Å²) in [6, 6.07) is 7.91. The molecular weight excluding hydrogens is 258 g/mol. The maximum absolute atomic E-state index is 5.91.